The lowest BCUT2D eigenvalue weighted by molar-refractivity contribution is 0.953. The number of para-hydroxylation sites is 1. The summed E-state index contributed by atoms with van der Waals surface area (Å²) < 4.78 is 0. The zero-order chi connectivity index (χ0) is 12.8. The first-order valence-corrected chi connectivity index (χ1v) is 6.26. The van der Waals surface area contributed by atoms with E-state index in [-0.39, 0.29) is 0 Å². The Bertz CT molecular complexity index is 502. The lowest BCUT2D eigenvalue weighted by Crippen LogP contribution is -2.06. The van der Waals surface area contributed by atoms with Gasteiger partial charge in [-0.05, 0) is 18.6 Å². The van der Waals surface area contributed by atoms with Gasteiger partial charge in [-0.3, -0.25) is 0 Å². The number of aromatic nitrogens is 2. The molecule has 2 N–H and O–H groups in total. The maximum Gasteiger partial charge on any atom is 0.224 e. The van der Waals surface area contributed by atoms with Crippen molar-refractivity contribution in [3.8, 4) is 0 Å². The zero-order valence-electron chi connectivity index (χ0n) is 10.2. The fourth-order valence-corrected chi connectivity index (χ4v) is 1.57. The minimum atomic E-state index is 0.501. The van der Waals surface area contributed by atoms with E-state index in [2.05, 4.69) is 27.5 Å². The second-order valence-corrected chi connectivity index (χ2v) is 4.22. The molecule has 0 radical (unpaired) electrons. The summed E-state index contributed by atoms with van der Waals surface area (Å²) in [5.41, 5.74) is 0.944. The van der Waals surface area contributed by atoms with Gasteiger partial charge in [-0.1, -0.05) is 36.7 Å². The van der Waals surface area contributed by atoms with Gasteiger partial charge in [-0.2, -0.15) is 4.98 Å². The van der Waals surface area contributed by atoms with Crippen molar-refractivity contribution in [2.45, 2.75) is 13.3 Å². The van der Waals surface area contributed by atoms with E-state index >= 15 is 0 Å². The summed E-state index contributed by atoms with van der Waals surface area (Å²) in [6.45, 7) is 2.93. The van der Waals surface area contributed by atoms with Gasteiger partial charge in [0.25, 0.3) is 0 Å². The minimum Gasteiger partial charge on any atom is -0.354 e. The van der Waals surface area contributed by atoms with Gasteiger partial charge in [-0.25, -0.2) is 4.98 Å². The highest BCUT2D eigenvalue weighted by atomic mass is 35.5. The number of rotatable bonds is 5. The summed E-state index contributed by atoms with van der Waals surface area (Å²) >= 11 is 6.06. The number of halogens is 1. The molecular formula is C13H15ClN4. The van der Waals surface area contributed by atoms with Crippen molar-refractivity contribution in [3.63, 3.8) is 0 Å². The van der Waals surface area contributed by atoms with Gasteiger partial charge in [-0.15, -0.1) is 0 Å². The molecule has 2 rings (SSSR count). The Kier molecular flexibility index (Phi) is 4.36. The maximum absolute atomic E-state index is 6.06. The van der Waals surface area contributed by atoms with Crippen molar-refractivity contribution >= 4 is 29.1 Å². The van der Waals surface area contributed by atoms with Crippen LogP contribution in [0.25, 0.3) is 0 Å². The van der Waals surface area contributed by atoms with Crippen LogP contribution in [0.5, 0.6) is 0 Å². The molecule has 0 amide bonds. The zero-order valence-corrected chi connectivity index (χ0v) is 10.9. The molecule has 0 spiro atoms. The van der Waals surface area contributed by atoms with Crippen LogP contribution < -0.4 is 10.6 Å². The van der Waals surface area contributed by atoms with E-state index in [1.54, 1.807) is 6.20 Å². The summed E-state index contributed by atoms with van der Waals surface area (Å²) in [6.07, 6.45) is 2.62. The smallest absolute Gasteiger partial charge is 0.224 e. The van der Waals surface area contributed by atoms with E-state index in [1.807, 2.05) is 30.3 Å². The standard InChI is InChI=1S/C13H15ClN4/c1-2-8-15-13-16-9-11(14)12(18-13)17-10-6-4-3-5-7-10/h3-7,9H,2,8H2,1H3,(H2,15,16,17,18). The largest absolute Gasteiger partial charge is 0.354 e. The molecule has 0 saturated carbocycles. The maximum atomic E-state index is 6.06. The van der Waals surface area contributed by atoms with E-state index in [1.165, 1.54) is 0 Å². The number of anilines is 3. The van der Waals surface area contributed by atoms with E-state index in [4.69, 9.17) is 11.6 Å². The highest BCUT2D eigenvalue weighted by Crippen LogP contribution is 2.23. The molecule has 0 unspecified atom stereocenters. The molecule has 0 aliphatic heterocycles. The molecule has 18 heavy (non-hydrogen) atoms. The summed E-state index contributed by atoms with van der Waals surface area (Å²) in [5, 5.41) is 6.79. The summed E-state index contributed by atoms with van der Waals surface area (Å²) in [5.74, 6) is 1.19. The van der Waals surface area contributed by atoms with Gasteiger partial charge in [0, 0.05) is 12.2 Å². The van der Waals surface area contributed by atoms with Crippen molar-refractivity contribution < 1.29 is 0 Å². The molecule has 0 fully saturated rings. The topological polar surface area (TPSA) is 49.8 Å². The number of hydrogen-bond acceptors (Lipinski definition) is 4. The first-order valence-electron chi connectivity index (χ1n) is 5.88. The number of hydrogen-bond donors (Lipinski definition) is 2. The molecule has 0 aliphatic carbocycles. The highest BCUT2D eigenvalue weighted by Gasteiger charge is 2.05. The van der Waals surface area contributed by atoms with Crippen molar-refractivity contribution in [1.29, 1.82) is 0 Å². The Morgan fingerprint density at radius 1 is 1.22 bits per heavy atom. The normalized spacial score (nSPS) is 10.1. The van der Waals surface area contributed by atoms with Crippen LogP contribution in [0.15, 0.2) is 36.5 Å². The van der Waals surface area contributed by atoms with E-state index in [0.717, 1.165) is 18.7 Å². The van der Waals surface area contributed by atoms with Crippen molar-refractivity contribution in [1.82, 2.24) is 9.97 Å². The van der Waals surface area contributed by atoms with E-state index in [9.17, 15) is 0 Å². The monoisotopic (exact) mass is 262 g/mol. The molecule has 1 aromatic carbocycles. The Labute approximate surface area is 111 Å². The molecule has 4 nitrogen and oxygen atoms in total. The SMILES string of the molecule is CCCNc1ncc(Cl)c(Nc2ccccc2)n1. The molecular weight excluding hydrogens is 248 g/mol. The van der Waals surface area contributed by atoms with Gasteiger partial charge >= 0.3 is 0 Å². The molecule has 1 heterocycles. The van der Waals surface area contributed by atoms with Crippen LogP contribution in [0.1, 0.15) is 13.3 Å². The molecule has 0 aliphatic rings. The molecule has 94 valence electrons. The molecule has 5 heteroatoms. The quantitative estimate of drug-likeness (QED) is 0.863. The third-order valence-electron chi connectivity index (χ3n) is 2.31. The van der Waals surface area contributed by atoms with Crippen molar-refractivity contribution in [2.75, 3.05) is 17.2 Å². The predicted octanol–water partition coefficient (Wildman–Crippen LogP) is 3.70. The first kappa shape index (κ1) is 12.6. The van der Waals surface area contributed by atoms with Crippen LogP contribution >= 0.6 is 11.6 Å². The summed E-state index contributed by atoms with van der Waals surface area (Å²) in [4.78, 5) is 8.46. The van der Waals surface area contributed by atoms with Gasteiger partial charge in [0.15, 0.2) is 5.82 Å². The number of benzene rings is 1. The second kappa shape index (κ2) is 6.21. The highest BCUT2D eigenvalue weighted by molar-refractivity contribution is 6.32. The lowest BCUT2D eigenvalue weighted by Gasteiger charge is -2.09. The third kappa shape index (κ3) is 3.34. The van der Waals surface area contributed by atoms with Gasteiger partial charge in [0.2, 0.25) is 5.95 Å². The van der Waals surface area contributed by atoms with E-state index in [0.29, 0.717) is 16.8 Å². The average molecular weight is 263 g/mol. The average Bonchev–Trinajstić information content (AvgIpc) is 2.41. The summed E-state index contributed by atoms with van der Waals surface area (Å²) in [6, 6.07) is 9.78. The Hall–Kier alpha value is -1.81. The molecule has 2 aromatic rings. The molecule has 1 aromatic heterocycles. The van der Waals surface area contributed by atoms with Crippen LogP contribution in [-0.4, -0.2) is 16.5 Å². The number of nitrogens with zero attached hydrogens (tertiary/aromatic N) is 2. The number of nitrogens with one attached hydrogen (secondary N) is 2. The predicted molar refractivity (Wildman–Crippen MR) is 75.5 cm³/mol. The molecule has 0 saturated heterocycles. The van der Waals surface area contributed by atoms with Crippen molar-refractivity contribution in [2.24, 2.45) is 0 Å². The second-order valence-electron chi connectivity index (χ2n) is 3.81. The van der Waals surface area contributed by atoms with Gasteiger partial charge in [0.05, 0.1) is 6.20 Å². The summed E-state index contributed by atoms with van der Waals surface area (Å²) in [7, 11) is 0. The lowest BCUT2D eigenvalue weighted by atomic mass is 10.3. The van der Waals surface area contributed by atoms with E-state index < -0.39 is 0 Å². The molecule has 0 atom stereocenters. The third-order valence-corrected chi connectivity index (χ3v) is 2.59. The van der Waals surface area contributed by atoms with Gasteiger partial charge < -0.3 is 10.6 Å². The van der Waals surface area contributed by atoms with Crippen LogP contribution in [0.2, 0.25) is 5.02 Å². The fraction of sp³-hybridized carbons (Fsp3) is 0.231. The van der Waals surface area contributed by atoms with Crippen LogP contribution in [0.3, 0.4) is 0 Å². The minimum absolute atomic E-state index is 0.501. The van der Waals surface area contributed by atoms with Crippen LogP contribution in [-0.2, 0) is 0 Å². The fourth-order valence-electron chi connectivity index (χ4n) is 1.43. The van der Waals surface area contributed by atoms with Crippen LogP contribution in [0, 0.1) is 0 Å². The first-order chi connectivity index (χ1) is 8.79. The Balaban J connectivity index is 2.16. The van der Waals surface area contributed by atoms with Gasteiger partial charge in [0.1, 0.15) is 5.02 Å². The molecule has 0 bridgehead atoms. The van der Waals surface area contributed by atoms with Crippen molar-refractivity contribution in [3.05, 3.63) is 41.6 Å². The Morgan fingerprint density at radius 3 is 2.72 bits per heavy atom. The Morgan fingerprint density at radius 2 is 2.00 bits per heavy atom. The van der Waals surface area contributed by atoms with Crippen LogP contribution in [0.4, 0.5) is 17.5 Å².